The lowest BCUT2D eigenvalue weighted by atomic mass is 10.1. The Balaban J connectivity index is 2.23. The molecule has 11 heteroatoms. The van der Waals surface area contributed by atoms with Gasteiger partial charge in [0.15, 0.2) is 11.5 Å². The standard InChI is InChI=1S/C26H36N2O9/c1-4-13-37-26(33)27-21-17-23(36-14-7-5-6-10-24(30)31)22(34-3)16-20(21)25(32)28-12-8-9-19(28)11-15-35-18(2)29/h4,16-17,19H,1,5-15H2,2-3H3,(H,27,33)(H,30,31)/t19-/m0/s1. The molecule has 2 N–H and O–H groups in total. The summed E-state index contributed by atoms with van der Waals surface area (Å²) in [6.45, 7) is 5.89. The van der Waals surface area contributed by atoms with E-state index in [1.165, 1.54) is 32.2 Å². The minimum Gasteiger partial charge on any atom is -0.493 e. The van der Waals surface area contributed by atoms with Crippen LogP contribution < -0.4 is 14.8 Å². The molecule has 0 unspecified atom stereocenters. The van der Waals surface area contributed by atoms with E-state index >= 15 is 0 Å². The van der Waals surface area contributed by atoms with Gasteiger partial charge in [-0.05, 0) is 38.2 Å². The van der Waals surface area contributed by atoms with Crippen LogP contribution in [0.4, 0.5) is 10.5 Å². The average molecular weight is 521 g/mol. The number of carbonyl (C=O) groups excluding carboxylic acids is 3. The van der Waals surface area contributed by atoms with Crippen molar-refractivity contribution in [2.75, 3.05) is 38.8 Å². The summed E-state index contributed by atoms with van der Waals surface area (Å²) in [7, 11) is 1.45. The molecular weight excluding hydrogens is 484 g/mol. The molecule has 1 aliphatic rings. The van der Waals surface area contributed by atoms with Gasteiger partial charge < -0.3 is 29.0 Å². The van der Waals surface area contributed by atoms with Crippen LogP contribution in [0.1, 0.15) is 62.2 Å². The number of anilines is 1. The first kappa shape index (κ1) is 29.5. The molecule has 2 rings (SSSR count). The first-order valence-corrected chi connectivity index (χ1v) is 12.3. The van der Waals surface area contributed by atoms with Gasteiger partial charge in [-0.2, -0.15) is 0 Å². The van der Waals surface area contributed by atoms with Crippen LogP contribution in [0.25, 0.3) is 0 Å². The van der Waals surface area contributed by atoms with Gasteiger partial charge in [0.1, 0.15) is 6.61 Å². The van der Waals surface area contributed by atoms with Gasteiger partial charge >= 0.3 is 18.0 Å². The molecule has 0 aromatic heterocycles. The lowest BCUT2D eigenvalue weighted by Gasteiger charge is -2.26. The molecule has 204 valence electrons. The lowest BCUT2D eigenvalue weighted by Crippen LogP contribution is -2.37. The van der Waals surface area contributed by atoms with E-state index in [-0.39, 0.29) is 48.8 Å². The quantitative estimate of drug-likeness (QED) is 0.199. The molecule has 1 atom stereocenters. The van der Waals surface area contributed by atoms with E-state index in [1.807, 2.05) is 0 Å². The van der Waals surface area contributed by atoms with Crippen molar-refractivity contribution in [3.63, 3.8) is 0 Å². The fourth-order valence-corrected chi connectivity index (χ4v) is 4.03. The number of benzene rings is 1. The van der Waals surface area contributed by atoms with Gasteiger partial charge in [-0.15, -0.1) is 0 Å². The molecule has 0 bridgehead atoms. The topological polar surface area (TPSA) is 141 Å². The second-order valence-corrected chi connectivity index (χ2v) is 8.54. The van der Waals surface area contributed by atoms with Crippen molar-refractivity contribution in [1.82, 2.24) is 4.90 Å². The molecular formula is C26H36N2O9. The zero-order valence-corrected chi connectivity index (χ0v) is 21.5. The fourth-order valence-electron chi connectivity index (χ4n) is 4.03. The molecule has 0 saturated carbocycles. The minimum atomic E-state index is -0.839. The van der Waals surface area contributed by atoms with E-state index in [0.29, 0.717) is 50.3 Å². The summed E-state index contributed by atoms with van der Waals surface area (Å²) in [6.07, 6.45) is 4.70. The number of rotatable bonds is 15. The number of methoxy groups -OCH3 is 1. The summed E-state index contributed by atoms with van der Waals surface area (Å²) in [5.74, 6) is -0.877. The van der Waals surface area contributed by atoms with Crippen molar-refractivity contribution in [2.45, 2.75) is 57.9 Å². The highest BCUT2D eigenvalue weighted by atomic mass is 16.5. The predicted molar refractivity (Wildman–Crippen MR) is 135 cm³/mol. The zero-order chi connectivity index (χ0) is 27.2. The summed E-state index contributed by atoms with van der Waals surface area (Å²) >= 11 is 0. The van der Waals surface area contributed by atoms with Crippen LogP contribution in [0.5, 0.6) is 11.5 Å². The molecule has 0 spiro atoms. The average Bonchev–Trinajstić information content (AvgIpc) is 3.32. The van der Waals surface area contributed by atoms with Crippen LogP contribution >= 0.6 is 0 Å². The maximum atomic E-state index is 13.6. The van der Waals surface area contributed by atoms with Crippen LogP contribution in [-0.2, 0) is 19.1 Å². The number of likely N-dealkylation sites (tertiary alicyclic amines) is 1. The first-order valence-electron chi connectivity index (χ1n) is 12.3. The molecule has 1 aliphatic heterocycles. The maximum absolute atomic E-state index is 13.6. The van der Waals surface area contributed by atoms with Gasteiger partial charge in [-0.3, -0.25) is 19.7 Å². The maximum Gasteiger partial charge on any atom is 0.411 e. The highest BCUT2D eigenvalue weighted by Crippen LogP contribution is 2.36. The number of carbonyl (C=O) groups is 4. The Morgan fingerprint density at radius 2 is 1.92 bits per heavy atom. The summed E-state index contributed by atoms with van der Waals surface area (Å²) in [5.41, 5.74) is 0.409. The largest absolute Gasteiger partial charge is 0.493 e. The van der Waals surface area contributed by atoms with E-state index < -0.39 is 12.1 Å². The van der Waals surface area contributed by atoms with Crippen molar-refractivity contribution in [1.29, 1.82) is 0 Å². The third-order valence-corrected chi connectivity index (χ3v) is 5.79. The highest BCUT2D eigenvalue weighted by Gasteiger charge is 2.32. The SMILES string of the molecule is C=CCOC(=O)Nc1cc(OCCCCCC(=O)O)c(OC)cc1C(=O)N1CCC[C@H]1CCOC(C)=O. The van der Waals surface area contributed by atoms with Crippen molar-refractivity contribution in [3.05, 3.63) is 30.4 Å². The fraction of sp³-hybridized carbons (Fsp3) is 0.538. The van der Waals surface area contributed by atoms with Crippen LogP contribution in [0.3, 0.4) is 0 Å². The van der Waals surface area contributed by atoms with Gasteiger partial charge in [0, 0.05) is 38.4 Å². The van der Waals surface area contributed by atoms with Crippen LogP contribution in [0.15, 0.2) is 24.8 Å². The number of unbranched alkanes of at least 4 members (excludes halogenated alkanes) is 2. The Morgan fingerprint density at radius 3 is 2.59 bits per heavy atom. The Hall–Kier alpha value is -3.76. The van der Waals surface area contributed by atoms with Crippen molar-refractivity contribution >= 4 is 29.6 Å². The summed E-state index contributed by atoms with van der Waals surface area (Å²) in [4.78, 5) is 49.4. The molecule has 0 radical (unpaired) electrons. The third-order valence-electron chi connectivity index (χ3n) is 5.79. The molecule has 11 nitrogen and oxygen atoms in total. The lowest BCUT2D eigenvalue weighted by molar-refractivity contribution is -0.141. The van der Waals surface area contributed by atoms with E-state index in [1.54, 1.807) is 4.90 Å². The number of nitrogens with one attached hydrogen (secondary N) is 1. The van der Waals surface area contributed by atoms with Gasteiger partial charge in [-0.25, -0.2) is 4.79 Å². The predicted octanol–water partition coefficient (Wildman–Crippen LogP) is 4.01. The summed E-state index contributed by atoms with van der Waals surface area (Å²) in [6, 6.07) is 2.93. The number of ether oxygens (including phenoxy) is 4. The molecule has 0 aliphatic carbocycles. The number of aliphatic carboxylic acids is 1. The number of nitrogens with zero attached hydrogens (tertiary/aromatic N) is 1. The first-order chi connectivity index (χ1) is 17.8. The van der Waals surface area contributed by atoms with Gasteiger partial charge in [0.25, 0.3) is 5.91 Å². The second kappa shape index (κ2) is 15.4. The Kier molecular flexibility index (Phi) is 12.2. The van der Waals surface area contributed by atoms with Gasteiger partial charge in [0.05, 0.1) is 31.6 Å². The number of carboxylic acid groups (broad SMARTS) is 1. The van der Waals surface area contributed by atoms with Crippen molar-refractivity contribution in [2.24, 2.45) is 0 Å². The Morgan fingerprint density at radius 1 is 1.14 bits per heavy atom. The highest BCUT2D eigenvalue weighted by molar-refractivity contribution is 6.03. The minimum absolute atomic E-state index is 0.00465. The Labute approximate surface area is 216 Å². The molecule has 37 heavy (non-hydrogen) atoms. The third kappa shape index (κ3) is 9.66. The number of hydrogen-bond acceptors (Lipinski definition) is 8. The van der Waals surface area contributed by atoms with Gasteiger partial charge in [-0.1, -0.05) is 12.7 Å². The number of hydrogen-bond donors (Lipinski definition) is 2. The molecule has 2 amide bonds. The molecule has 1 fully saturated rings. The summed E-state index contributed by atoms with van der Waals surface area (Å²) < 4.78 is 21.4. The van der Waals surface area contributed by atoms with E-state index in [9.17, 15) is 19.2 Å². The normalized spacial score (nSPS) is 14.5. The number of carboxylic acids is 1. The van der Waals surface area contributed by atoms with Gasteiger partial charge in [0.2, 0.25) is 0 Å². The Bertz CT molecular complexity index is 964. The van der Waals surface area contributed by atoms with Crippen molar-refractivity contribution < 1.29 is 43.2 Å². The monoisotopic (exact) mass is 520 g/mol. The van der Waals surface area contributed by atoms with E-state index in [4.69, 9.17) is 24.1 Å². The molecule has 1 saturated heterocycles. The van der Waals surface area contributed by atoms with E-state index in [2.05, 4.69) is 11.9 Å². The van der Waals surface area contributed by atoms with E-state index in [0.717, 1.165) is 12.8 Å². The second-order valence-electron chi connectivity index (χ2n) is 8.54. The van der Waals surface area contributed by atoms with Crippen LogP contribution in [0.2, 0.25) is 0 Å². The molecule has 1 aromatic carbocycles. The van der Waals surface area contributed by atoms with Crippen LogP contribution in [-0.4, -0.2) is 73.5 Å². The van der Waals surface area contributed by atoms with Crippen LogP contribution in [0, 0.1) is 0 Å². The molecule has 1 aromatic rings. The number of esters is 1. The van der Waals surface area contributed by atoms with Crippen molar-refractivity contribution in [3.8, 4) is 11.5 Å². The zero-order valence-electron chi connectivity index (χ0n) is 21.5. The summed E-state index contributed by atoms with van der Waals surface area (Å²) in [5, 5.41) is 11.4. The molecule has 1 heterocycles. The smallest absolute Gasteiger partial charge is 0.411 e. The number of amides is 2.